The molecule has 1 atom stereocenters. The summed E-state index contributed by atoms with van der Waals surface area (Å²) in [5, 5.41) is 16.1. The number of carboxylic acids is 1. The van der Waals surface area contributed by atoms with E-state index < -0.39 is 11.5 Å². The molecule has 0 spiro atoms. The first kappa shape index (κ1) is 17.2. The Bertz CT molecular complexity index is 501. The first-order chi connectivity index (χ1) is 9.89. The van der Waals surface area contributed by atoms with E-state index in [2.05, 4.69) is 10.6 Å². The lowest BCUT2D eigenvalue weighted by Gasteiger charge is -2.24. The summed E-state index contributed by atoms with van der Waals surface area (Å²) in [7, 11) is 0. The Morgan fingerprint density at radius 2 is 2.10 bits per heavy atom. The maximum absolute atomic E-state index is 11.7. The van der Waals surface area contributed by atoms with E-state index in [-0.39, 0.29) is 18.2 Å². The van der Waals surface area contributed by atoms with Crippen LogP contribution in [0.4, 0.5) is 0 Å². The lowest BCUT2D eigenvalue weighted by molar-refractivity contribution is -0.147. The number of rotatable bonds is 8. The molecule has 0 aromatic carbocycles. The number of carboxylic acid groups (broad SMARTS) is 1. The molecule has 0 fully saturated rings. The van der Waals surface area contributed by atoms with Gasteiger partial charge in [-0.25, -0.2) is 4.79 Å². The highest BCUT2D eigenvalue weighted by molar-refractivity contribution is 7.12. The van der Waals surface area contributed by atoms with Crippen molar-refractivity contribution in [2.75, 3.05) is 6.54 Å². The van der Waals surface area contributed by atoms with Crippen molar-refractivity contribution in [1.82, 2.24) is 10.6 Å². The van der Waals surface area contributed by atoms with E-state index in [4.69, 9.17) is 5.11 Å². The van der Waals surface area contributed by atoms with Gasteiger partial charge in [-0.1, -0.05) is 13.0 Å². The van der Waals surface area contributed by atoms with E-state index in [1.54, 1.807) is 19.1 Å². The fraction of sp³-hybridized carbons (Fsp3) is 0.500. The van der Waals surface area contributed by atoms with Crippen molar-refractivity contribution in [2.45, 2.75) is 38.6 Å². The molecule has 0 bridgehead atoms. The fourth-order valence-electron chi connectivity index (χ4n) is 1.61. The van der Waals surface area contributed by atoms with E-state index in [9.17, 15) is 14.4 Å². The predicted octanol–water partition coefficient (Wildman–Crippen LogP) is 1.63. The van der Waals surface area contributed by atoms with Crippen LogP contribution in [0.25, 0.3) is 0 Å². The Morgan fingerprint density at radius 1 is 1.38 bits per heavy atom. The number of hydrogen-bond acceptors (Lipinski definition) is 4. The van der Waals surface area contributed by atoms with Crippen molar-refractivity contribution >= 4 is 29.1 Å². The lowest BCUT2D eigenvalue weighted by Crippen LogP contribution is -2.51. The van der Waals surface area contributed by atoms with Crippen LogP contribution in [0.15, 0.2) is 17.5 Å². The van der Waals surface area contributed by atoms with Gasteiger partial charge in [-0.15, -0.1) is 11.3 Å². The topological polar surface area (TPSA) is 95.5 Å². The number of hydrogen-bond donors (Lipinski definition) is 3. The molecule has 7 heteroatoms. The monoisotopic (exact) mass is 312 g/mol. The average molecular weight is 312 g/mol. The van der Waals surface area contributed by atoms with E-state index in [0.717, 1.165) is 0 Å². The second kappa shape index (κ2) is 7.78. The molecule has 0 radical (unpaired) electrons. The minimum Gasteiger partial charge on any atom is -0.480 e. The number of nitrogens with one attached hydrogen (secondary N) is 2. The van der Waals surface area contributed by atoms with Crippen LogP contribution >= 0.6 is 11.3 Å². The van der Waals surface area contributed by atoms with Crippen molar-refractivity contribution < 1.29 is 19.5 Å². The summed E-state index contributed by atoms with van der Waals surface area (Å²) in [6.07, 6.45) is 0.944. The third kappa shape index (κ3) is 5.18. The Balaban J connectivity index is 2.28. The summed E-state index contributed by atoms with van der Waals surface area (Å²) in [5.74, 6) is -1.54. The summed E-state index contributed by atoms with van der Waals surface area (Å²) in [6, 6.07) is 3.52. The molecular weight excluding hydrogens is 292 g/mol. The molecule has 1 heterocycles. The molecule has 0 aliphatic carbocycles. The van der Waals surface area contributed by atoms with Crippen molar-refractivity contribution in [3.8, 4) is 0 Å². The van der Waals surface area contributed by atoms with Crippen LogP contribution in [-0.4, -0.2) is 35.0 Å². The van der Waals surface area contributed by atoms with Crippen molar-refractivity contribution in [3.63, 3.8) is 0 Å². The Kier molecular flexibility index (Phi) is 6.36. The summed E-state index contributed by atoms with van der Waals surface area (Å²) < 4.78 is 0. The normalized spacial score (nSPS) is 13.2. The van der Waals surface area contributed by atoms with Crippen LogP contribution in [0, 0.1) is 0 Å². The minimum atomic E-state index is -1.24. The number of carbonyl (C=O) groups is 3. The summed E-state index contributed by atoms with van der Waals surface area (Å²) in [4.78, 5) is 35.0. The van der Waals surface area contributed by atoms with Gasteiger partial charge < -0.3 is 15.7 Å². The molecule has 2 amide bonds. The number of carbonyl (C=O) groups excluding carboxylic acids is 2. The van der Waals surface area contributed by atoms with Gasteiger partial charge in [-0.3, -0.25) is 9.59 Å². The molecule has 0 saturated heterocycles. The van der Waals surface area contributed by atoms with E-state index >= 15 is 0 Å². The summed E-state index contributed by atoms with van der Waals surface area (Å²) >= 11 is 1.35. The zero-order valence-electron chi connectivity index (χ0n) is 12.1. The van der Waals surface area contributed by atoms with Gasteiger partial charge in [0, 0.05) is 13.0 Å². The van der Waals surface area contributed by atoms with Gasteiger partial charge in [0.1, 0.15) is 5.54 Å². The van der Waals surface area contributed by atoms with Gasteiger partial charge >= 0.3 is 5.97 Å². The van der Waals surface area contributed by atoms with Gasteiger partial charge in [0.05, 0.1) is 4.88 Å². The molecule has 0 aliphatic heterocycles. The number of amides is 2. The molecule has 0 aliphatic rings. The number of aliphatic carboxylic acids is 1. The van der Waals surface area contributed by atoms with Crippen LogP contribution in [0.3, 0.4) is 0 Å². The summed E-state index contributed by atoms with van der Waals surface area (Å²) in [6.45, 7) is 3.56. The molecule has 1 unspecified atom stereocenters. The van der Waals surface area contributed by atoms with Gasteiger partial charge in [0.15, 0.2) is 0 Å². The SMILES string of the molecule is CCC(C)(NC(=O)CCCNC(=O)c1cccs1)C(=O)O. The van der Waals surface area contributed by atoms with Crippen LogP contribution in [0.5, 0.6) is 0 Å². The van der Waals surface area contributed by atoms with Gasteiger partial charge in [-0.2, -0.15) is 0 Å². The number of thiophene rings is 1. The zero-order chi connectivity index (χ0) is 15.9. The molecule has 1 rings (SSSR count). The van der Waals surface area contributed by atoms with Crippen LogP contribution < -0.4 is 10.6 Å². The molecular formula is C14H20N2O4S. The fourth-order valence-corrected chi connectivity index (χ4v) is 2.25. The third-order valence-electron chi connectivity index (χ3n) is 3.21. The molecule has 1 aromatic rings. The minimum absolute atomic E-state index is 0.158. The molecule has 21 heavy (non-hydrogen) atoms. The van der Waals surface area contributed by atoms with Crippen LogP contribution in [0.1, 0.15) is 42.8 Å². The van der Waals surface area contributed by atoms with Crippen LogP contribution in [-0.2, 0) is 9.59 Å². The second-order valence-corrected chi connectivity index (χ2v) is 5.82. The zero-order valence-corrected chi connectivity index (χ0v) is 13.0. The van der Waals surface area contributed by atoms with Crippen LogP contribution in [0.2, 0.25) is 0 Å². The molecule has 6 nitrogen and oxygen atoms in total. The molecule has 0 saturated carbocycles. The highest BCUT2D eigenvalue weighted by Crippen LogP contribution is 2.10. The van der Waals surface area contributed by atoms with Crippen molar-refractivity contribution in [3.05, 3.63) is 22.4 Å². The smallest absolute Gasteiger partial charge is 0.329 e. The standard InChI is InChI=1S/C14H20N2O4S/c1-3-14(2,13(19)20)16-11(17)7-4-8-15-12(18)10-6-5-9-21-10/h5-6,9H,3-4,7-8H2,1-2H3,(H,15,18)(H,16,17)(H,19,20). The Labute approximate surface area is 127 Å². The predicted molar refractivity (Wildman–Crippen MR) is 80.4 cm³/mol. The van der Waals surface area contributed by atoms with Gasteiger partial charge in [0.25, 0.3) is 5.91 Å². The van der Waals surface area contributed by atoms with Gasteiger partial charge in [-0.05, 0) is 31.2 Å². The second-order valence-electron chi connectivity index (χ2n) is 4.88. The first-order valence-corrected chi connectivity index (χ1v) is 7.63. The van der Waals surface area contributed by atoms with E-state index in [1.807, 2.05) is 5.38 Å². The Hall–Kier alpha value is -1.89. The first-order valence-electron chi connectivity index (χ1n) is 6.75. The van der Waals surface area contributed by atoms with Gasteiger partial charge in [0.2, 0.25) is 5.91 Å². The van der Waals surface area contributed by atoms with Crippen molar-refractivity contribution in [1.29, 1.82) is 0 Å². The Morgan fingerprint density at radius 3 is 2.62 bits per heavy atom. The summed E-state index contributed by atoms with van der Waals surface area (Å²) in [5.41, 5.74) is -1.24. The molecule has 1 aromatic heterocycles. The average Bonchev–Trinajstić information content (AvgIpc) is 2.97. The molecule has 116 valence electrons. The van der Waals surface area contributed by atoms with E-state index in [1.165, 1.54) is 18.3 Å². The van der Waals surface area contributed by atoms with Crippen molar-refractivity contribution in [2.24, 2.45) is 0 Å². The van der Waals surface area contributed by atoms with E-state index in [0.29, 0.717) is 24.3 Å². The maximum Gasteiger partial charge on any atom is 0.329 e. The third-order valence-corrected chi connectivity index (χ3v) is 4.07. The largest absolute Gasteiger partial charge is 0.480 e. The lowest BCUT2D eigenvalue weighted by atomic mass is 9.99. The molecule has 3 N–H and O–H groups in total. The highest BCUT2D eigenvalue weighted by Gasteiger charge is 2.32. The quantitative estimate of drug-likeness (QED) is 0.636. The highest BCUT2D eigenvalue weighted by atomic mass is 32.1. The maximum atomic E-state index is 11.7.